The first kappa shape index (κ1) is 14.4. The zero-order chi connectivity index (χ0) is 13.8. The minimum absolute atomic E-state index is 0.101. The quantitative estimate of drug-likeness (QED) is 0.757. The summed E-state index contributed by atoms with van der Waals surface area (Å²) in [6, 6.07) is 0. The van der Waals surface area contributed by atoms with Crippen molar-refractivity contribution in [3.05, 3.63) is 24.3 Å². The number of hydrogen-bond acceptors (Lipinski definition) is 4. The lowest BCUT2D eigenvalue weighted by molar-refractivity contribution is 0.0731. The predicted octanol–water partition coefficient (Wildman–Crippen LogP) is 0.723. The second kappa shape index (κ2) is 5.77. The Hall–Kier alpha value is -1.69. The molecule has 18 heavy (non-hydrogen) atoms. The molecule has 1 aromatic rings. The lowest BCUT2D eigenvalue weighted by Crippen LogP contribution is -2.34. The molecule has 0 atom stereocenters. The molecule has 2 N–H and O–H groups in total. The highest BCUT2D eigenvalue weighted by Gasteiger charge is 2.23. The number of carbonyl (C=O) groups is 1. The Balaban J connectivity index is 2.88. The van der Waals surface area contributed by atoms with Gasteiger partial charge in [0, 0.05) is 18.5 Å². The molecule has 100 valence electrons. The topological polar surface area (TPSA) is 82.1 Å². The molecule has 0 fully saturated rings. The molecule has 0 aliphatic heterocycles. The van der Waals surface area contributed by atoms with Gasteiger partial charge in [-0.3, -0.25) is 9.89 Å². The summed E-state index contributed by atoms with van der Waals surface area (Å²) in [5.74, 6) is 0.472. The highest BCUT2D eigenvalue weighted by molar-refractivity contribution is 5.90. The predicted molar refractivity (Wildman–Crippen MR) is 68.3 cm³/mol. The molecule has 0 bridgehead atoms. The molecule has 6 heteroatoms. The number of nitrogens with zero attached hydrogens (tertiary/aromatic N) is 3. The van der Waals surface area contributed by atoms with Gasteiger partial charge in [-0.05, 0) is 0 Å². The number of aromatic nitrogens is 3. The summed E-state index contributed by atoms with van der Waals surface area (Å²) in [4.78, 5) is 17.7. The largest absolute Gasteiger partial charge is 0.395 e. The number of aromatic amines is 1. The Morgan fingerprint density at radius 1 is 1.56 bits per heavy atom. The number of rotatable bonds is 5. The lowest BCUT2D eigenvalue weighted by Gasteiger charge is -2.18. The third-order valence-electron chi connectivity index (χ3n) is 2.39. The fourth-order valence-electron chi connectivity index (χ4n) is 1.39. The van der Waals surface area contributed by atoms with Gasteiger partial charge in [0.2, 0.25) is 5.82 Å². The fourth-order valence-corrected chi connectivity index (χ4v) is 1.39. The van der Waals surface area contributed by atoms with Crippen molar-refractivity contribution >= 4 is 5.91 Å². The number of hydrogen-bond donors (Lipinski definition) is 2. The first-order valence-corrected chi connectivity index (χ1v) is 5.84. The summed E-state index contributed by atoms with van der Waals surface area (Å²) in [5, 5.41) is 15.6. The van der Waals surface area contributed by atoms with Gasteiger partial charge in [0.25, 0.3) is 5.91 Å². The normalized spacial score (nSPS) is 11.3. The summed E-state index contributed by atoms with van der Waals surface area (Å²) in [6.45, 7) is 10.0. The molecule has 1 heterocycles. The van der Waals surface area contributed by atoms with Crippen molar-refractivity contribution in [1.82, 2.24) is 20.1 Å². The van der Waals surface area contributed by atoms with E-state index >= 15 is 0 Å². The van der Waals surface area contributed by atoms with Crippen LogP contribution in [0.5, 0.6) is 0 Å². The minimum atomic E-state index is -0.310. The van der Waals surface area contributed by atoms with Gasteiger partial charge in [-0.25, -0.2) is 4.98 Å². The van der Waals surface area contributed by atoms with E-state index in [4.69, 9.17) is 5.11 Å². The van der Waals surface area contributed by atoms with E-state index in [1.54, 1.807) is 6.08 Å². The van der Waals surface area contributed by atoms with Crippen LogP contribution < -0.4 is 0 Å². The molecular formula is C12H20N4O2. The second-order valence-electron chi connectivity index (χ2n) is 5.02. The van der Waals surface area contributed by atoms with E-state index in [-0.39, 0.29) is 30.3 Å². The molecule has 0 radical (unpaired) electrons. The maximum Gasteiger partial charge on any atom is 0.293 e. The van der Waals surface area contributed by atoms with Crippen LogP contribution in [0.3, 0.4) is 0 Å². The molecule has 0 aliphatic rings. The van der Waals surface area contributed by atoms with Crippen LogP contribution in [0.15, 0.2) is 12.7 Å². The van der Waals surface area contributed by atoms with Crippen molar-refractivity contribution in [3.8, 4) is 0 Å². The third kappa shape index (κ3) is 3.40. The van der Waals surface area contributed by atoms with Crippen LogP contribution in [-0.4, -0.2) is 50.8 Å². The summed E-state index contributed by atoms with van der Waals surface area (Å²) in [5.41, 5.74) is -0.189. The van der Waals surface area contributed by atoms with Crippen molar-refractivity contribution in [3.63, 3.8) is 0 Å². The Morgan fingerprint density at radius 3 is 2.67 bits per heavy atom. The van der Waals surface area contributed by atoms with Gasteiger partial charge in [-0.15, -0.1) is 11.7 Å². The number of H-pyrrole nitrogens is 1. The van der Waals surface area contributed by atoms with E-state index in [1.165, 1.54) is 4.90 Å². The Kier molecular flexibility index (Phi) is 4.61. The van der Waals surface area contributed by atoms with Gasteiger partial charge < -0.3 is 10.0 Å². The molecular weight excluding hydrogens is 232 g/mol. The number of aliphatic hydroxyl groups is 1. The van der Waals surface area contributed by atoms with Crippen LogP contribution in [0, 0.1) is 0 Å². The van der Waals surface area contributed by atoms with Gasteiger partial charge >= 0.3 is 0 Å². The summed E-state index contributed by atoms with van der Waals surface area (Å²) in [7, 11) is 0. The van der Waals surface area contributed by atoms with Crippen LogP contribution in [0.4, 0.5) is 0 Å². The monoisotopic (exact) mass is 252 g/mol. The van der Waals surface area contributed by atoms with Gasteiger partial charge in [0.15, 0.2) is 0 Å². The second-order valence-corrected chi connectivity index (χ2v) is 5.02. The number of nitrogens with one attached hydrogen (secondary N) is 1. The van der Waals surface area contributed by atoms with Gasteiger partial charge in [-0.2, -0.15) is 0 Å². The number of amides is 1. The number of carbonyl (C=O) groups excluding carboxylic acids is 1. The maximum absolute atomic E-state index is 12.1. The average molecular weight is 252 g/mol. The molecule has 0 unspecified atom stereocenters. The van der Waals surface area contributed by atoms with E-state index in [0.717, 1.165) is 0 Å². The summed E-state index contributed by atoms with van der Waals surface area (Å²) in [6.07, 6.45) is 1.60. The van der Waals surface area contributed by atoms with Crippen LogP contribution in [0.1, 0.15) is 37.2 Å². The zero-order valence-electron chi connectivity index (χ0n) is 11.1. The highest BCUT2D eigenvalue weighted by Crippen LogP contribution is 2.17. The third-order valence-corrected chi connectivity index (χ3v) is 2.39. The lowest BCUT2D eigenvalue weighted by atomic mass is 9.96. The molecule has 0 saturated heterocycles. The molecule has 0 spiro atoms. The van der Waals surface area contributed by atoms with Crippen LogP contribution in [-0.2, 0) is 5.41 Å². The van der Waals surface area contributed by atoms with E-state index in [2.05, 4.69) is 21.8 Å². The summed E-state index contributed by atoms with van der Waals surface area (Å²) < 4.78 is 0. The highest BCUT2D eigenvalue weighted by atomic mass is 16.3. The standard InChI is InChI=1S/C12H20N4O2/c1-5-6-16(7-8-17)10(18)9-13-11(15-14-9)12(2,3)4/h5,17H,1,6-8H2,2-4H3,(H,13,14,15). The first-order chi connectivity index (χ1) is 8.40. The van der Waals surface area contributed by atoms with Crippen molar-refractivity contribution in [2.24, 2.45) is 0 Å². The SMILES string of the molecule is C=CCN(CCO)C(=O)c1n[nH]c(C(C)(C)C)n1. The molecule has 0 aliphatic carbocycles. The molecule has 1 rings (SSSR count). The van der Waals surface area contributed by atoms with Crippen LogP contribution in [0.2, 0.25) is 0 Å². The first-order valence-electron chi connectivity index (χ1n) is 5.84. The van der Waals surface area contributed by atoms with E-state index in [0.29, 0.717) is 12.4 Å². The van der Waals surface area contributed by atoms with E-state index < -0.39 is 0 Å². The van der Waals surface area contributed by atoms with Crippen LogP contribution in [0.25, 0.3) is 0 Å². The molecule has 0 aromatic carbocycles. The minimum Gasteiger partial charge on any atom is -0.395 e. The van der Waals surface area contributed by atoms with Crippen molar-refractivity contribution in [2.45, 2.75) is 26.2 Å². The van der Waals surface area contributed by atoms with Gasteiger partial charge in [-0.1, -0.05) is 26.8 Å². The average Bonchev–Trinajstić information content (AvgIpc) is 2.76. The summed E-state index contributed by atoms with van der Waals surface area (Å²) >= 11 is 0. The fraction of sp³-hybridized carbons (Fsp3) is 0.583. The Bertz CT molecular complexity index is 420. The van der Waals surface area contributed by atoms with Crippen molar-refractivity contribution < 1.29 is 9.90 Å². The Morgan fingerprint density at radius 2 is 2.22 bits per heavy atom. The van der Waals surface area contributed by atoms with Crippen molar-refractivity contribution in [2.75, 3.05) is 19.7 Å². The molecule has 6 nitrogen and oxygen atoms in total. The van der Waals surface area contributed by atoms with E-state index in [1.807, 2.05) is 20.8 Å². The smallest absolute Gasteiger partial charge is 0.293 e. The van der Waals surface area contributed by atoms with Crippen molar-refractivity contribution in [1.29, 1.82) is 0 Å². The molecule has 0 saturated carbocycles. The van der Waals surface area contributed by atoms with Gasteiger partial charge in [0.05, 0.1) is 6.61 Å². The van der Waals surface area contributed by atoms with Gasteiger partial charge in [0.1, 0.15) is 5.82 Å². The number of aliphatic hydroxyl groups excluding tert-OH is 1. The zero-order valence-corrected chi connectivity index (χ0v) is 11.1. The molecule has 1 amide bonds. The molecule has 1 aromatic heterocycles. The van der Waals surface area contributed by atoms with Crippen LogP contribution >= 0.6 is 0 Å². The van der Waals surface area contributed by atoms with E-state index in [9.17, 15) is 4.79 Å². The maximum atomic E-state index is 12.1. The Labute approximate surface area is 107 Å².